The summed E-state index contributed by atoms with van der Waals surface area (Å²) >= 11 is 0. The fourth-order valence-electron chi connectivity index (χ4n) is 3.83. The summed E-state index contributed by atoms with van der Waals surface area (Å²) in [6.07, 6.45) is 3.37. The molecule has 2 aliphatic heterocycles. The van der Waals surface area contributed by atoms with Crippen LogP contribution in [0.3, 0.4) is 0 Å². The second-order valence-electron chi connectivity index (χ2n) is 7.18. The number of rotatable bonds is 3. The summed E-state index contributed by atoms with van der Waals surface area (Å²) in [6.45, 7) is 1.64. The molecule has 7 heteroatoms. The van der Waals surface area contributed by atoms with E-state index >= 15 is 0 Å². The van der Waals surface area contributed by atoms with Crippen LogP contribution in [0.1, 0.15) is 36.0 Å². The van der Waals surface area contributed by atoms with Gasteiger partial charge in [0.1, 0.15) is 16.4 Å². The van der Waals surface area contributed by atoms with E-state index in [0.717, 1.165) is 12.8 Å². The Labute approximate surface area is 148 Å². The average Bonchev–Trinajstić information content (AvgIpc) is 3.40. The molecular formula is C18H21FN2O3S. The number of nitrogens with zero attached hydrogens (tertiary/aromatic N) is 2. The van der Waals surface area contributed by atoms with Crippen molar-refractivity contribution in [2.45, 2.75) is 30.6 Å². The number of piperidine rings is 1. The number of carbonyl (C=O) groups is 2. The predicted octanol–water partition coefficient (Wildman–Crippen LogP) is 1.76. The van der Waals surface area contributed by atoms with E-state index in [2.05, 4.69) is 0 Å². The van der Waals surface area contributed by atoms with Gasteiger partial charge < -0.3 is 9.80 Å². The summed E-state index contributed by atoms with van der Waals surface area (Å²) in [5.74, 6) is 0.139. The van der Waals surface area contributed by atoms with E-state index in [1.807, 2.05) is 4.90 Å². The minimum Gasteiger partial charge on any atom is -0.338 e. The second kappa shape index (κ2) is 6.20. The van der Waals surface area contributed by atoms with Crippen LogP contribution in [0.5, 0.6) is 0 Å². The van der Waals surface area contributed by atoms with Crippen molar-refractivity contribution >= 4 is 22.6 Å². The van der Waals surface area contributed by atoms with Crippen molar-refractivity contribution in [1.29, 1.82) is 0 Å². The summed E-state index contributed by atoms with van der Waals surface area (Å²) in [5.41, 5.74) is 0.454. The first-order valence-corrected chi connectivity index (χ1v) is 10.1. The zero-order chi connectivity index (χ0) is 17.6. The predicted molar refractivity (Wildman–Crippen MR) is 91.7 cm³/mol. The van der Waals surface area contributed by atoms with Crippen molar-refractivity contribution in [3.63, 3.8) is 0 Å². The minimum atomic E-state index is -1.20. The Morgan fingerprint density at radius 2 is 1.84 bits per heavy atom. The molecule has 1 aromatic carbocycles. The fourth-order valence-corrected chi connectivity index (χ4v) is 5.54. The van der Waals surface area contributed by atoms with Gasteiger partial charge in [0.25, 0.3) is 5.91 Å². The van der Waals surface area contributed by atoms with E-state index in [1.54, 1.807) is 4.90 Å². The van der Waals surface area contributed by atoms with Gasteiger partial charge in [-0.05, 0) is 43.0 Å². The quantitative estimate of drug-likeness (QED) is 0.821. The Kier molecular flexibility index (Phi) is 4.14. The Bertz CT molecular complexity index is 724. The molecule has 0 bridgehead atoms. The standard InChI is InChI=1S/C18H21FN2O3S/c19-15-5-3-14(4-6-15)17(23)20-9-7-18(8-10-20)21(11-13-1-2-13)16(22)12-25(18)24/h3-6,13H,1-2,7-12H2. The first-order chi connectivity index (χ1) is 12.0. The van der Waals surface area contributed by atoms with Crippen LogP contribution in [0.15, 0.2) is 24.3 Å². The van der Waals surface area contributed by atoms with E-state index < -0.39 is 15.7 Å². The highest BCUT2D eigenvalue weighted by molar-refractivity contribution is 7.87. The summed E-state index contributed by atoms with van der Waals surface area (Å²) in [7, 11) is -1.20. The molecule has 3 fully saturated rings. The lowest BCUT2D eigenvalue weighted by Gasteiger charge is -2.43. The normalized spacial score (nSPS) is 25.6. The van der Waals surface area contributed by atoms with Gasteiger partial charge in [-0.3, -0.25) is 13.8 Å². The molecule has 2 saturated heterocycles. The first kappa shape index (κ1) is 16.7. The number of likely N-dealkylation sites (tertiary alicyclic amines) is 1. The van der Waals surface area contributed by atoms with Gasteiger partial charge in [0.15, 0.2) is 0 Å². The smallest absolute Gasteiger partial charge is 0.253 e. The van der Waals surface area contributed by atoms with Crippen LogP contribution in [-0.4, -0.2) is 56.1 Å². The third-order valence-corrected chi connectivity index (χ3v) is 7.52. The zero-order valence-corrected chi connectivity index (χ0v) is 14.8. The van der Waals surface area contributed by atoms with Crippen molar-refractivity contribution in [3.8, 4) is 0 Å². The van der Waals surface area contributed by atoms with Gasteiger partial charge >= 0.3 is 0 Å². The number of halogens is 1. The third-order valence-electron chi connectivity index (χ3n) is 5.53. The Balaban J connectivity index is 1.47. The van der Waals surface area contributed by atoms with Gasteiger partial charge in [0.2, 0.25) is 5.91 Å². The summed E-state index contributed by atoms with van der Waals surface area (Å²) in [6, 6.07) is 5.53. The highest BCUT2D eigenvalue weighted by Gasteiger charge is 2.54. The van der Waals surface area contributed by atoms with E-state index in [1.165, 1.54) is 24.3 Å². The summed E-state index contributed by atoms with van der Waals surface area (Å²) in [4.78, 5) is 27.8. The molecule has 5 nitrogen and oxygen atoms in total. The largest absolute Gasteiger partial charge is 0.338 e. The molecule has 0 aromatic heterocycles. The lowest BCUT2D eigenvalue weighted by atomic mass is 10.0. The lowest BCUT2D eigenvalue weighted by molar-refractivity contribution is -0.131. The average molecular weight is 364 g/mol. The molecule has 0 N–H and O–H groups in total. The Hall–Kier alpha value is -1.76. The molecule has 4 rings (SSSR count). The molecule has 1 spiro atoms. The SMILES string of the molecule is O=C(c1ccc(F)cc1)N1CCC2(CC1)N(CC1CC1)C(=O)CS2=O. The van der Waals surface area contributed by atoms with Gasteiger partial charge in [0, 0.05) is 38.0 Å². The maximum atomic E-state index is 13.0. The molecule has 1 aromatic rings. The molecule has 1 aliphatic carbocycles. The van der Waals surface area contributed by atoms with Crippen molar-refractivity contribution in [2.75, 3.05) is 25.4 Å². The van der Waals surface area contributed by atoms with E-state index in [9.17, 15) is 18.2 Å². The van der Waals surface area contributed by atoms with Crippen LogP contribution in [0, 0.1) is 11.7 Å². The first-order valence-electron chi connectivity index (χ1n) is 8.73. The summed E-state index contributed by atoms with van der Waals surface area (Å²) < 4.78 is 25.7. The van der Waals surface area contributed by atoms with Gasteiger partial charge in [-0.15, -0.1) is 0 Å². The Morgan fingerprint density at radius 1 is 1.20 bits per heavy atom. The molecule has 0 radical (unpaired) electrons. The number of benzene rings is 1. The van der Waals surface area contributed by atoms with Crippen molar-refractivity contribution < 1.29 is 18.2 Å². The maximum Gasteiger partial charge on any atom is 0.253 e. The Morgan fingerprint density at radius 3 is 2.44 bits per heavy atom. The van der Waals surface area contributed by atoms with Gasteiger partial charge in [-0.1, -0.05) is 0 Å². The van der Waals surface area contributed by atoms with Crippen molar-refractivity contribution in [2.24, 2.45) is 5.92 Å². The van der Waals surface area contributed by atoms with Crippen LogP contribution >= 0.6 is 0 Å². The lowest BCUT2D eigenvalue weighted by Crippen LogP contribution is -2.56. The molecule has 1 atom stereocenters. The third kappa shape index (κ3) is 2.99. The van der Waals surface area contributed by atoms with Crippen molar-refractivity contribution in [1.82, 2.24) is 9.80 Å². The number of hydrogen-bond acceptors (Lipinski definition) is 3. The van der Waals surface area contributed by atoms with Crippen molar-refractivity contribution in [3.05, 3.63) is 35.6 Å². The number of hydrogen-bond donors (Lipinski definition) is 0. The number of amides is 2. The van der Waals surface area contributed by atoms with Crippen LogP contribution in [0.25, 0.3) is 0 Å². The molecule has 3 aliphatic rings. The van der Waals surface area contributed by atoms with Gasteiger partial charge in [-0.25, -0.2) is 4.39 Å². The molecule has 2 heterocycles. The molecule has 25 heavy (non-hydrogen) atoms. The number of carbonyl (C=O) groups excluding carboxylic acids is 2. The monoisotopic (exact) mass is 364 g/mol. The van der Waals surface area contributed by atoms with E-state index in [4.69, 9.17) is 0 Å². The topological polar surface area (TPSA) is 57.7 Å². The minimum absolute atomic E-state index is 0.0106. The van der Waals surface area contributed by atoms with Crippen LogP contribution in [-0.2, 0) is 15.6 Å². The summed E-state index contributed by atoms with van der Waals surface area (Å²) in [5, 5.41) is 0. The highest BCUT2D eigenvalue weighted by Crippen LogP contribution is 2.41. The van der Waals surface area contributed by atoms with Gasteiger partial charge in [-0.2, -0.15) is 0 Å². The van der Waals surface area contributed by atoms with E-state index in [0.29, 0.717) is 44.0 Å². The van der Waals surface area contributed by atoms with Crippen LogP contribution in [0.2, 0.25) is 0 Å². The zero-order valence-electron chi connectivity index (χ0n) is 13.9. The molecular weight excluding hydrogens is 343 g/mol. The fraction of sp³-hybridized carbons (Fsp3) is 0.556. The highest BCUT2D eigenvalue weighted by atomic mass is 32.2. The van der Waals surface area contributed by atoms with Crippen LogP contribution < -0.4 is 0 Å². The molecule has 2 amide bonds. The van der Waals surface area contributed by atoms with Crippen LogP contribution in [0.4, 0.5) is 4.39 Å². The van der Waals surface area contributed by atoms with Gasteiger partial charge in [0.05, 0.1) is 10.8 Å². The molecule has 1 saturated carbocycles. The van der Waals surface area contributed by atoms with E-state index in [-0.39, 0.29) is 23.4 Å². The molecule has 1 unspecified atom stereocenters. The molecule has 134 valence electrons. The second-order valence-corrected chi connectivity index (χ2v) is 8.92. The maximum absolute atomic E-state index is 13.0.